The number of nitrogens with one attached hydrogen (secondary N) is 1. The molecule has 0 aliphatic rings. The van der Waals surface area contributed by atoms with Gasteiger partial charge in [-0.1, -0.05) is 12.1 Å². The minimum Gasteiger partial charge on any atom is -0.497 e. The third-order valence-corrected chi connectivity index (χ3v) is 2.50. The second-order valence-electron chi connectivity index (χ2n) is 4.07. The van der Waals surface area contributed by atoms with Gasteiger partial charge in [-0.25, -0.2) is 0 Å². The van der Waals surface area contributed by atoms with Crippen LogP contribution in [0.25, 0.3) is 0 Å². The molecule has 0 radical (unpaired) electrons. The number of hydrogen-bond acceptors (Lipinski definition) is 3. The fraction of sp³-hybridized carbons (Fsp3) is 0.462. The van der Waals surface area contributed by atoms with Crippen LogP contribution in [0.1, 0.15) is 5.56 Å². The first kappa shape index (κ1) is 13.5. The lowest BCUT2D eigenvalue weighted by Crippen LogP contribution is -2.33. The topological polar surface area (TPSA) is 41.6 Å². The zero-order valence-corrected chi connectivity index (χ0v) is 10.7. The SMILES string of the molecule is COc1cccc(CCNCC(=O)N(C)C)c1. The number of methoxy groups -OCH3 is 1. The van der Waals surface area contributed by atoms with Crippen molar-refractivity contribution in [2.24, 2.45) is 0 Å². The number of carbonyl (C=O) groups is 1. The van der Waals surface area contributed by atoms with E-state index in [0.29, 0.717) is 6.54 Å². The molecule has 4 nitrogen and oxygen atoms in total. The van der Waals surface area contributed by atoms with E-state index >= 15 is 0 Å². The number of hydrogen-bond donors (Lipinski definition) is 1. The molecule has 0 atom stereocenters. The Labute approximate surface area is 103 Å². The number of carbonyl (C=O) groups excluding carboxylic acids is 1. The molecule has 0 aliphatic heterocycles. The molecular weight excluding hydrogens is 216 g/mol. The van der Waals surface area contributed by atoms with Crippen molar-refractivity contribution < 1.29 is 9.53 Å². The Bertz CT molecular complexity index is 364. The summed E-state index contributed by atoms with van der Waals surface area (Å²) in [5, 5.41) is 3.12. The van der Waals surface area contributed by atoms with Crippen LogP contribution in [-0.2, 0) is 11.2 Å². The molecule has 0 saturated carbocycles. The number of amides is 1. The van der Waals surface area contributed by atoms with Gasteiger partial charge < -0.3 is 15.0 Å². The van der Waals surface area contributed by atoms with E-state index in [4.69, 9.17) is 4.74 Å². The molecule has 0 fully saturated rings. The molecule has 0 unspecified atom stereocenters. The van der Waals surface area contributed by atoms with Gasteiger partial charge in [-0.05, 0) is 30.7 Å². The Kier molecular flexibility index (Phi) is 5.49. The van der Waals surface area contributed by atoms with Gasteiger partial charge in [0.1, 0.15) is 5.75 Å². The van der Waals surface area contributed by atoms with Crippen LogP contribution >= 0.6 is 0 Å². The van der Waals surface area contributed by atoms with Crippen molar-refractivity contribution in [3.8, 4) is 5.75 Å². The number of ether oxygens (including phenoxy) is 1. The minimum absolute atomic E-state index is 0.0932. The highest BCUT2D eigenvalue weighted by atomic mass is 16.5. The summed E-state index contributed by atoms with van der Waals surface area (Å²) in [5.41, 5.74) is 1.20. The molecule has 1 aromatic carbocycles. The fourth-order valence-corrected chi connectivity index (χ4v) is 1.41. The van der Waals surface area contributed by atoms with Crippen molar-refractivity contribution >= 4 is 5.91 Å². The molecule has 0 saturated heterocycles. The molecular formula is C13H20N2O2. The van der Waals surface area contributed by atoms with E-state index in [1.54, 1.807) is 26.1 Å². The van der Waals surface area contributed by atoms with Crippen molar-refractivity contribution in [3.63, 3.8) is 0 Å². The van der Waals surface area contributed by atoms with Crippen LogP contribution in [0.3, 0.4) is 0 Å². The standard InChI is InChI=1S/C13H20N2O2/c1-15(2)13(16)10-14-8-7-11-5-4-6-12(9-11)17-3/h4-6,9,14H,7-8,10H2,1-3H3. The summed E-state index contributed by atoms with van der Waals surface area (Å²) in [7, 11) is 5.17. The van der Waals surface area contributed by atoms with E-state index in [2.05, 4.69) is 11.4 Å². The first-order valence-electron chi connectivity index (χ1n) is 5.67. The second-order valence-corrected chi connectivity index (χ2v) is 4.07. The van der Waals surface area contributed by atoms with Crippen LogP contribution in [0.5, 0.6) is 5.75 Å². The van der Waals surface area contributed by atoms with Crippen LogP contribution in [0, 0.1) is 0 Å². The monoisotopic (exact) mass is 236 g/mol. The Morgan fingerprint density at radius 3 is 2.82 bits per heavy atom. The van der Waals surface area contributed by atoms with E-state index in [-0.39, 0.29) is 5.91 Å². The highest BCUT2D eigenvalue weighted by Crippen LogP contribution is 2.12. The van der Waals surface area contributed by atoms with E-state index < -0.39 is 0 Å². The minimum atomic E-state index is 0.0932. The Morgan fingerprint density at radius 2 is 2.18 bits per heavy atom. The summed E-state index contributed by atoms with van der Waals surface area (Å²) in [4.78, 5) is 12.9. The van der Waals surface area contributed by atoms with Gasteiger partial charge in [-0.2, -0.15) is 0 Å². The lowest BCUT2D eigenvalue weighted by molar-refractivity contribution is -0.127. The quantitative estimate of drug-likeness (QED) is 0.747. The maximum absolute atomic E-state index is 11.3. The van der Waals surface area contributed by atoms with Crippen LogP contribution in [0.15, 0.2) is 24.3 Å². The predicted molar refractivity (Wildman–Crippen MR) is 68.3 cm³/mol. The smallest absolute Gasteiger partial charge is 0.236 e. The Hall–Kier alpha value is -1.55. The van der Waals surface area contributed by atoms with Gasteiger partial charge in [0.25, 0.3) is 0 Å². The molecule has 0 aromatic heterocycles. The number of rotatable bonds is 6. The van der Waals surface area contributed by atoms with E-state index in [9.17, 15) is 4.79 Å². The highest BCUT2D eigenvalue weighted by Gasteiger charge is 2.02. The molecule has 0 heterocycles. The van der Waals surface area contributed by atoms with Gasteiger partial charge in [-0.15, -0.1) is 0 Å². The molecule has 94 valence electrons. The third kappa shape index (κ3) is 4.87. The van der Waals surface area contributed by atoms with E-state index in [1.807, 2.05) is 18.2 Å². The maximum atomic E-state index is 11.3. The molecule has 4 heteroatoms. The van der Waals surface area contributed by atoms with E-state index in [0.717, 1.165) is 18.7 Å². The van der Waals surface area contributed by atoms with Crippen molar-refractivity contribution in [2.45, 2.75) is 6.42 Å². The predicted octanol–water partition coefficient (Wildman–Crippen LogP) is 0.915. The molecule has 0 aliphatic carbocycles. The van der Waals surface area contributed by atoms with Crippen LogP contribution in [0.4, 0.5) is 0 Å². The molecule has 1 N–H and O–H groups in total. The lowest BCUT2D eigenvalue weighted by atomic mass is 10.1. The summed E-state index contributed by atoms with van der Waals surface area (Å²) in [5.74, 6) is 0.961. The van der Waals surface area contributed by atoms with Crippen LogP contribution < -0.4 is 10.1 Å². The lowest BCUT2D eigenvalue weighted by Gasteiger charge is -2.11. The van der Waals surface area contributed by atoms with E-state index in [1.165, 1.54) is 5.56 Å². The van der Waals surface area contributed by atoms with Crippen molar-refractivity contribution in [2.75, 3.05) is 34.3 Å². The molecule has 1 rings (SSSR count). The summed E-state index contributed by atoms with van der Waals surface area (Å²) in [6, 6.07) is 7.96. The number of likely N-dealkylation sites (N-methyl/N-ethyl adjacent to an activating group) is 1. The summed E-state index contributed by atoms with van der Waals surface area (Å²) >= 11 is 0. The molecule has 0 bridgehead atoms. The van der Waals surface area contributed by atoms with Crippen LogP contribution in [0.2, 0.25) is 0 Å². The second kappa shape index (κ2) is 6.91. The zero-order valence-electron chi connectivity index (χ0n) is 10.7. The van der Waals surface area contributed by atoms with Gasteiger partial charge in [0, 0.05) is 14.1 Å². The highest BCUT2D eigenvalue weighted by molar-refractivity contribution is 5.77. The summed E-state index contributed by atoms with van der Waals surface area (Å²) < 4.78 is 5.15. The summed E-state index contributed by atoms with van der Waals surface area (Å²) in [6.07, 6.45) is 0.887. The van der Waals surface area contributed by atoms with Crippen molar-refractivity contribution in [1.82, 2.24) is 10.2 Å². The van der Waals surface area contributed by atoms with Gasteiger partial charge in [0.15, 0.2) is 0 Å². The number of benzene rings is 1. The normalized spacial score (nSPS) is 10.1. The maximum Gasteiger partial charge on any atom is 0.236 e. The first-order valence-corrected chi connectivity index (χ1v) is 5.67. The summed E-state index contributed by atoms with van der Waals surface area (Å²) in [6.45, 7) is 1.17. The molecule has 0 spiro atoms. The Morgan fingerprint density at radius 1 is 1.41 bits per heavy atom. The average Bonchev–Trinajstić information content (AvgIpc) is 2.34. The van der Waals surface area contributed by atoms with Gasteiger partial charge in [0.2, 0.25) is 5.91 Å². The van der Waals surface area contributed by atoms with Gasteiger partial charge in [-0.3, -0.25) is 4.79 Å². The van der Waals surface area contributed by atoms with Crippen molar-refractivity contribution in [1.29, 1.82) is 0 Å². The molecule has 17 heavy (non-hydrogen) atoms. The van der Waals surface area contributed by atoms with Gasteiger partial charge >= 0.3 is 0 Å². The van der Waals surface area contributed by atoms with Crippen molar-refractivity contribution in [3.05, 3.63) is 29.8 Å². The molecule has 1 amide bonds. The molecule has 1 aromatic rings. The first-order chi connectivity index (χ1) is 8.13. The van der Waals surface area contributed by atoms with Gasteiger partial charge in [0.05, 0.1) is 13.7 Å². The Balaban J connectivity index is 2.28. The number of nitrogens with zero attached hydrogens (tertiary/aromatic N) is 1. The average molecular weight is 236 g/mol. The van der Waals surface area contributed by atoms with Crippen LogP contribution in [-0.4, -0.2) is 45.1 Å². The largest absolute Gasteiger partial charge is 0.497 e. The third-order valence-electron chi connectivity index (χ3n) is 2.50. The zero-order chi connectivity index (χ0) is 12.7. The fourth-order valence-electron chi connectivity index (χ4n) is 1.41.